The molecule has 3 unspecified atom stereocenters. The molecule has 2 N–H and O–H groups in total. The second kappa shape index (κ2) is 5.59. The molecule has 2 saturated heterocycles. The molecule has 20 heavy (non-hydrogen) atoms. The Balaban J connectivity index is 1.94. The highest BCUT2D eigenvalue weighted by molar-refractivity contribution is 7.92. The van der Waals surface area contributed by atoms with Gasteiger partial charge in [-0.3, -0.25) is 0 Å². The van der Waals surface area contributed by atoms with E-state index in [1.54, 1.807) is 6.92 Å². The lowest BCUT2D eigenvalue weighted by Gasteiger charge is -2.24. The predicted molar refractivity (Wildman–Crippen MR) is 72.1 cm³/mol. The van der Waals surface area contributed by atoms with Crippen molar-refractivity contribution in [2.45, 2.75) is 37.5 Å². The minimum absolute atomic E-state index is 0.0678. The standard InChI is InChI=1S/C12H20N2O5S/c1-8-4-5-14(10(8)11(15)16)12(17)13-7-9-3-2-6-20(9,18)19/h8-10H,2-7H2,1H3,(H,13,17)(H,15,16). The summed E-state index contributed by atoms with van der Waals surface area (Å²) >= 11 is 0. The maximum Gasteiger partial charge on any atom is 0.326 e. The molecule has 2 aliphatic heterocycles. The third-order valence-corrected chi connectivity index (χ3v) is 6.43. The summed E-state index contributed by atoms with van der Waals surface area (Å²) in [6.07, 6.45) is 1.83. The van der Waals surface area contributed by atoms with E-state index in [0.29, 0.717) is 25.8 Å². The smallest absolute Gasteiger partial charge is 0.326 e. The van der Waals surface area contributed by atoms with Crippen LogP contribution in [0.25, 0.3) is 0 Å². The molecule has 114 valence electrons. The summed E-state index contributed by atoms with van der Waals surface area (Å²) in [5, 5.41) is 11.2. The number of nitrogens with zero attached hydrogens (tertiary/aromatic N) is 1. The fourth-order valence-corrected chi connectivity index (χ4v) is 4.71. The topological polar surface area (TPSA) is 104 Å². The number of rotatable bonds is 3. The average Bonchev–Trinajstić information content (AvgIpc) is 2.89. The van der Waals surface area contributed by atoms with Crippen molar-refractivity contribution in [3.05, 3.63) is 0 Å². The lowest BCUT2D eigenvalue weighted by molar-refractivity contribution is -0.142. The fourth-order valence-electron chi connectivity index (χ4n) is 2.94. The molecule has 7 nitrogen and oxygen atoms in total. The number of aliphatic carboxylic acids is 1. The van der Waals surface area contributed by atoms with Crippen LogP contribution in [0.15, 0.2) is 0 Å². The fraction of sp³-hybridized carbons (Fsp3) is 0.833. The van der Waals surface area contributed by atoms with Crippen LogP contribution in [0.4, 0.5) is 4.79 Å². The molecule has 2 aliphatic rings. The van der Waals surface area contributed by atoms with Gasteiger partial charge in [0.2, 0.25) is 0 Å². The molecule has 2 amide bonds. The number of urea groups is 1. The van der Waals surface area contributed by atoms with Crippen LogP contribution in [-0.4, -0.2) is 60.6 Å². The van der Waals surface area contributed by atoms with Gasteiger partial charge in [0.25, 0.3) is 0 Å². The quantitative estimate of drug-likeness (QED) is 0.768. The summed E-state index contributed by atoms with van der Waals surface area (Å²) < 4.78 is 23.3. The van der Waals surface area contributed by atoms with Gasteiger partial charge in [0.1, 0.15) is 6.04 Å². The summed E-state index contributed by atoms with van der Waals surface area (Å²) in [6.45, 7) is 2.26. The summed E-state index contributed by atoms with van der Waals surface area (Å²) in [4.78, 5) is 24.5. The Hall–Kier alpha value is -1.31. The SMILES string of the molecule is CC1CCN(C(=O)NCC2CCCS2(=O)=O)C1C(=O)O. The number of hydrogen-bond donors (Lipinski definition) is 2. The lowest BCUT2D eigenvalue weighted by Crippen LogP contribution is -2.49. The van der Waals surface area contributed by atoms with Crippen molar-refractivity contribution in [2.75, 3.05) is 18.8 Å². The number of carbonyl (C=O) groups excluding carboxylic acids is 1. The number of hydrogen-bond acceptors (Lipinski definition) is 4. The first-order valence-corrected chi connectivity index (χ1v) is 8.53. The van der Waals surface area contributed by atoms with E-state index in [-0.39, 0.29) is 18.2 Å². The zero-order valence-electron chi connectivity index (χ0n) is 11.4. The number of carbonyl (C=O) groups is 2. The Morgan fingerprint density at radius 1 is 1.35 bits per heavy atom. The third-order valence-electron chi connectivity index (χ3n) is 4.16. The van der Waals surface area contributed by atoms with E-state index in [0.717, 1.165) is 0 Å². The molecule has 8 heteroatoms. The molecule has 0 aromatic heterocycles. The summed E-state index contributed by atoms with van der Waals surface area (Å²) in [6, 6.07) is -1.31. The number of carboxylic acids is 1. The molecule has 3 atom stereocenters. The van der Waals surface area contributed by atoms with Crippen molar-refractivity contribution in [3.63, 3.8) is 0 Å². The molecule has 0 spiro atoms. The molecule has 2 rings (SSSR count). The number of sulfone groups is 1. The van der Waals surface area contributed by atoms with Gasteiger partial charge in [0, 0.05) is 13.1 Å². The van der Waals surface area contributed by atoms with Crippen LogP contribution in [0, 0.1) is 5.92 Å². The monoisotopic (exact) mass is 304 g/mol. The van der Waals surface area contributed by atoms with Crippen LogP contribution in [0.3, 0.4) is 0 Å². The second-order valence-electron chi connectivity index (χ2n) is 5.56. The molecule has 0 aromatic rings. The largest absolute Gasteiger partial charge is 0.480 e. The van der Waals surface area contributed by atoms with Crippen molar-refractivity contribution in [3.8, 4) is 0 Å². The van der Waals surface area contributed by atoms with E-state index < -0.39 is 33.1 Å². The van der Waals surface area contributed by atoms with Gasteiger partial charge in [0.15, 0.2) is 9.84 Å². The Morgan fingerprint density at radius 3 is 2.60 bits per heavy atom. The highest BCUT2D eigenvalue weighted by atomic mass is 32.2. The highest BCUT2D eigenvalue weighted by Gasteiger charge is 2.40. The van der Waals surface area contributed by atoms with Crippen LogP contribution in [-0.2, 0) is 14.6 Å². The van der Waals surface area contributed by atoms with E-state index in [9.17, 15) is 18.0 Å². The number of nitrogens with one attached hydrogen (secondary N) is 1. The van der Waals surface area contributed by atoms with E-state index in [4.69, 9.17) is 5.11 Å². The minimum atomic E-state index is -3.10. The van der Waals surface area contributed by atoms with Crippen LogP contribution in [0.2, 0.25) is 0 Å². The third kappa shape index (κ3) is 2.89. The van der Waals surface area contributed by atoms with Gasteiger partial charge in [-0.25, -0.2) is 18.0 Å². The van der Waals surface area contributed by atoms with Crippen molar-refractivity contribution in [1.29, 1.82) is 0 Å². The van der Waals surface area contributed by atoms with Gasteiger partial charge in [-0.1, -0.05) is 6.92 Å². The zero-order valence-corrected chi connectivity index (χ0v) is 12.2. The normalized spacial score (nSPS) is 32.2. The van der Waals surface area contributed by atoms with Crippen LogP contribution >= 0.6 is 0 Å². The Kier molecular flexibility index (Phi) is 4.22. The van der Waals surface area contributed by atoms with Gasteiger partial charge in [-0.05, 0) is 25.2 Å². The van der Waals surface area contributed by atoms with Crippen LogP contribution < -0.4 is 5.32 Å². The average molecular weight is 304 g/mol. The Labute approximate surface area is 118 Å². The van der Waals surface area contributed by atoms with Gasteiger partial charge in [-0.15, -0.1) is 0 Å². The molecule has 0 bridgehead atoms. The predicted octanol–water partition coefficient (Wildman–Crippen LogP) is 0.0682. The number of likely N-dealkylation sites (tertiary alicyclic amines) is 1. The van der Waals surface area contributed by atoms with Gasteiger partial charge >= 0.3 is 12.0 Å². The van der Waals surface area contributed by atoms with Crippen molar-refractivity contribution >= 4 is 21.8 Å². The number of amides is 2. The van der Waals surface area contributed by atoms with Crippen LogP contribution in [0.1, 0.15) is 26.2 Å². The maximum absolute atomic E-state index is 12.0. The lowest BCUT2D eigenvalue weighted by atomic mass is 10.0. The second-order valence-corrected chi connectivity index (χ2v) is 7.96. The first-order chi connectivity index (χ1) is 9.33. The van der Waals surface area contributed by atoms with Crippen molar-refractivity contribution < 1.29 is 23.1 Å². The number of carboxylic acid groups (broad SMARTS) is 1. The molecule has 0 aromatic carbocycles. The van der Waals surface area contributed by atoms with E-state index in [1.807, 2.05) is 0 Å². The van der Waals surface area contributed by atoms with Gasteiger partial charge in [-0.2, -0.15) is 0 Å². The van der Waals surface area contributed by atoms with E-state index in [2.05, 4.69) is 5.32 Å². The molecule has 0 radical (unpaired) electrons. The zero-order chi connectivity index (χ0) is 14.9. The van der Waals surface area contributed by atoms with Crippen molar-refractivity contribution in [1.82, 2.24) is 10.2 Å². The van der Waals surface area contributed by atoms with E-state index in [1.165, 1.54) is 4.90 Å². The first-order valence-electron chi connectivity index (χ1n) is 6.82. The Bertz CT molecular complexity index is 504. The molecule has 2 heterocycles. The molecular formula is C12H20N2O5S. The van der Waals surface area contributed by atoms with Gasteiger partial charge in [0.05, 0.1) is 11.0 Å². The van der Waals surface area contributed by atoms with Crippen LogP contribution in [0.5, 0.6) is 0 Å². The minimum Gasteiger partial charge on any atom is -0.480 e. The van der Waals surface area contributed by atoms with Gasteiger partial charge < -0.3 is 15.3 Å². The summed E-state index contributed by atoms with van der Waals surface area (Å²) in [5.74, 6) is -0.932. The summed E-state index contributed by atoms with van der Waals surface area (Å²) in [5.41, 5.74) is 0. The van der Waals surface area contributed by atoms with E-state index >= 15 is 0 Å². The van der Waals surface area contributed by atoms with Crippen molar-refractivity contribution in [2.24, 2.45) is 5.92 Å². The maximum atomic E-state index is 12.0. The summed E-state index contributed by atoms with van der Waals surface area (Å²) in [7, 11) is -3.10. The molecule has 2 fully saturated rings. The molecular weight excluding hydrogens is 284 g/mol. The molecule has 0 saturated carbocycles. The Morgan fingerprint density at radius 2 is 2.05 bits per heavy atom. The molecule has 0 aliphatic carbocycles. The highest BCUT2D eigenvalue weighted by Crippen LogP contribution is 2.24. The first kappa shape index (κ1) is 15.1.